The molecule has 0 bridgehead atoms. The molecule has 2 aromatic rings. The fourth-order valence-electron chi connectivity index (χ4n) is 2.29. The van der Waals surface area contributed by atoms with Gasteiger partial charge in [-0.3, -0.25) is 14.5 Å². The highest BCUT2D eigenvalue weighted by Gasteiger charge is 2.16. The Kier molecular flexibility index (Phi) is 8.34. The number of carbonyl (C=O) groups is 2. The number of nitrogens with zero attached hydrogens (tertiary/aromatic N) is 1. The minimum atomic E-state index is -1.65. The zero-order valence-corrected chi connectivity index (χ0v) is 16.0. The van der Waals surface area contributed by atoms with E-state index in [1.807, 2.05) is 30.3 Å². The van der Waals surface area contributed by atoms with Gasteiger partial charge in [-0.05, 0) is 31.3 Å². The highest BCUT2D eigenvalue weighted by molar-refractivity contribution is 7.99. The fourth-order valence-corrected chi connectivity index (χ4v) is 3.08. The molecule has 0 saturated heterocycles. The summed E-state index contributed by atoms with van der Waals surface area (Å²) in [5.74, 6) is -4.67. The largest absolute Gasteiger partial charge is 0.354 e. The molecule has 0 aliphatic rings. The Morgan fingerprint density at radius 1 is 0.964 bits per heavy atom. The lowest BCUT2D eigenvalue weighted by atomic mass is 10.2. The van der Waals surface area contributed by atoms with Crippen molar-refractivity contribution >= 4 is 29.3 Å². The minimum absolute atomic E-state index is 0.0380. The van der Waals surface area contributed by atoms with Crippen LogP contribution in [0.15, 0.2) is 47.4 Å². The SMILES string of the molecule is CN(CC(=O)NCCSc1ccccc1)CC(=O)Nc1ccc(F)c(F)c1F. The summed E-state index contributed by atoms with van der Waals surface area (Å²) in [6.45, 7) is 0.215. The van der Waals surface area contributed by atoms with Crippen LogP contribution in [0, 0.1) is 17.5 Å². The molecule has 2 aromatic carbocycles. The second kappa shape index (κ2) is 10.7. The molecule has 0 spiro atoms. The summed E-state index contributed by atoms with van der Waals surface area (Å²) in [4.78, 5) is 26.3. The Labute approximate surface area is 165 Å². The number of nitrogens with one attached hydrogen (secondary N) is 2. The number of hydrogen-bond acceptors (Lipinski definition) is 4. The van der Waals surface area contributed by atoms with Crippen LogP contribution < -0.4 is 10.6 Å². The van der Waals surface area contributed by atoms with Gasteiger partial charge in [-0.1, -0.05) is 18.2 Å². The van der Waals surface area contributed by atoms with Gasteiger partial charge in [0.1, 0.15) is 0 Å². The van der Waals surface area contributed by atoms with Gasteiger partial charge in [-0.15, -0.1) is 11.8 Å². The first-order valence-electron chi connectivity index (χ1n) is 8.43. The third-order valence-corrected chi connectivity index (χ3v) is 4.59. The van der Waals surface area contributed by atoms with Crippen LogP contribution >= 0.6 is 11.8 Å². The summed E-state index contributed by atoms with van der Waals surface area (Å²) in [7, 11) is 1.54. The molecule has 2 N–H and O–H groups in total. The third kappa shape index (κ3) is 6.90. The number of halogens is 3. The first-order valence-corrected chi connectivity index (χ1v) is 9.42. The minimum Gasteiger partial charge on any atom is -0.354 e. The Bertz CT molecular complexity index is 822. The number of benzene rings is 2. The number of carbonyl (C=O) groups excluding carboxylic acids is 2. The van der Waals surface area contributed by atoms with Crippen LogP contribution in [0.2, 0.25) is 0 Å². The Balaban J connectivity index is 1.69. The molecular weight excluding hydrogens is 391 g/mol. The summed E-state index contributed by atoms with van der Waals surface area (Å²) in [5.41, 5.74) is -0.459. The zero-order valence-electron chi connectivity index (χ0n) is 15.2. The van der Waals surface area contributed by atoms with Gasteiger partial charge >= 0.3 is 0 Å². The van der Waals surface area contributed by atoms with E-state index >= 15 is 0 Å². The number of amides is 2. The maximum atomic E-state index is 13.6. The summed E-state index contributed by atoms with van der Waals surface area (Å²) < 4.78 is 39.6. The second-order valence-corrected chi connectivity index (χ2v) is 7.12. The van der Waals surface area contributed by atoms with E-state index in [4.69, 9.17) is 0 Å². The maximum Gasteiger partial charge on any atom is 0.238 e. The molecule has 9 heteroatoms. The van der Waals surface area contributed by atoms with Crippen LogP contribution in [0.1, 0.15) is 0 Å². The van der Waals surface area contributed by atoms with Crippen molar-refractivity contribution in [2.24, 2.45) is 0 Å². The first kappa shape index (κ1) is 21.8. The van der Waals surface area contributed by atoms with E-state index in [-0.39, 0.29) is 19.0 Å². The number of anilines is 1. The summed E-state index contributed by atoms with van der Waals surface area (Å²) in [6.07, 6.45) is 0. The molecule has 2 rings (SSSR count). The van der Waals surface area contributed by atoms with E-state index in [1.165, 1.54) is 4.90 Å². The van der Waals surface area contributed by atoms with E-state index in [9.17, 15) is 22.8 Å². The molecule has 0 atom stereocenters. The van der Waals surface area contributed by atoms with Crippen LogP contribution in [0.5, 0.6) is 0 Å². The van der Waals surface area contributed by atoms with Gasteiger partial charge in [-0.25, -0.2) is 13.2 Å². The van der Waals surface area contributed by atoms with Crippen molar-refractivity contribution in [3.63, 3.8) is 0 Å². The molecular formula is C19H20F3N3O2S. The Morgan fingerprint density at radius 2 is 1.64 bits per heavy atom. The topological polar surface area (TPSA) is 61.4 Å². The average Bonchev–Trinajstić information content (AvgIpc) is 2.66. The van der Waals surface area contributed by atoms with Crippen molar-refractivity contribution in [3.05, 3.63) is 59.9 Å². The maximum absolute atomic E-state index is 13.6. The third-order valence-electron chi connectivity index (χ3n) is 3.57. The smallest absolute Gasteiger partial charge is 0.238 e. The van der Waals surface area contributed by atoms with Gasteiger partial charge in [0, 0.05) is 17.2 Å². The predicted molar refractivity (Wildman–Crippen MR) is 103 cm³/mol. The molecule has 28 heavy (non-hydrogen) atoms. The van der Waals surface area contributed by atoms with Gasteiger partial charge in [0.2, 0.25) is 11.8 Å². The number of likely N-dealkylation sites (N-methyl/N-ethyl adjacent to an activating group) is 1. The van der Waals surface area contributed by atoms with Crippen LogP contribution in [0.25, 0.3) is 0 Å². The number of thioether (sulfide) groups is 1. The van der Waals surface area contributed by atoms with Gasteiger partial charge < -0.3 is 10.6 Å². The molecule has 5 nitrogen and oxygen atoms in total. The van der Waals surface area contributed by atoms with Gasteiger partial charge in [-0.2, -0.15) is 0 Å². The summed E-state index contributed by atoms with van der Waals surface area (Å²) >= 11 is 1.61. The van der Waals surface area contributed by atoms with Crippen LogP contribution in [0.4, 0.5) is 18.9 Å². The molecule has 0 radical (unpaired) electrons. The Hall–Kier alpha value is -2.52. The van der Waals surface area contributed by atoms with Crippen LogP contribution in [-0.2, 0) is 9.59 Å². The lowest BCUT2D eigenvalue weighted by molar-refractivity contribution is -0.122. The van der Waals surface area contributed by atoms with E-state index in [0.29, 0.717) is 12.3 Å². The lowest BCUT2D eigenvalue weighted by Gasteiger charge is -2.16. The molecule has 0 unspecified atom stereocenters. The Morgan fingerprint density at radius 3 is 2.36 bits per heavy atom. The van der Waals surface area contributed by atoms with Crippen molar-refractivity contribution in [2.45, 2.75) is 4.90 Å². The summed E-state index contributed by atoms with van der Waals surface area (Å²) in [6, 6.07) is 11.4. The highest BCUT2D eigenvalue weighted by Crippen LogP contribution is 2.19. The summed E-state index contributed by atoms with van der Waals surface area (Å²) in [5, 5.41) is 4.90. The molecule has 0 aliphatic carbocycles. The van der Waals surface area contributed by atoms with Crippen LogP contribution in [0.3, 0.4) is 0 Å². The average molecular weight is 411 g/mol. The van der Waals surface area contributed by atoms with E-state index < -0.39 is 29.0 Å². The van der Waals surface area contributed by atoms with Gasteiger partial charge in [0.15, 0.2) is 17.5 Å². The number of hydrogen-bond donors (Lipinski definition) is 2. The van der Waals surface area contributed by atoms with Crippen molar-refractivity contribution in [3.8, 4) is 0 Å². The van der Waals surface area contributed by atoms with Crippen molar-refractivity contribution < 1.29 is 22.8 Å². The molecule has 2 amide bonds. The molecule has 0 heterocycles. The monoisotopic (exact) mass is 411 g/mol. The predicted octanol–water partition coefficient (Wildman–Crippen LogP) is 2.88. The van der Waals surface area contributed by atoms with E-state index in [2.05, 4.69) is 10.6 Å². The quantitative estimate of drug-likeness (QED) is 0.379. The standard InChI is InChI=1S/C19H20F3N3O2S/c1-25(11-16(26)23-9-10-28-13-5-3-2-4-6-13)12-17(27)24-15-8-7-14(20)18(21)19(15)22/h2-8H,9-12H2,1H3,(H,23,26)(H,24,27). The first-order chi connectivity index (χ1) is 13.4. The number of rotatable bonds is 9. The van der Waals surface area contributed by atoms with Crippen molar-refractivity contribution in [2.75, 3.05) is 37.8 Å². The lowest BCUT2D eigenvalue weighted by Crippen LogP contribution is -2.39. The molecule has 0 aliphatic heterocycles. The van der Waals surface area contributed by atoms with Crippen LogP contribution in [-0.4, -0.2) is 49.1 Å². The van der Waals surface area contributed by atoms with Gasteiger partial charge in [0.05, 0.1) is 18.8 Å². The zero-order chi connectivity index (χ0) is 20.5. The molecule has 150 valence electrons. The van der Waals surface area contributed by atoms with Crippen molar-refractivity contribution in [1.82, 2.24) is 10.2 Å². The highest BCUT2D eigenvalue weighted by atomic mass is 32.2. The van der Waals surface area contributed by atoms with Crippen molar-refractivity contribution in [1.29, 1.82) is 0 Å². The fraction of sp³-hybridized carbons (Fsp3) is 0.263. The second-order valence-electron chi connectivity index (χ2n) is 5.95. The molecule has 0 saturated carbocycles. The molecule has 0 fully saturated rings. The normalized spacial score (nSPS) is 10.8. The van der Waals surface area contributed by atoms with Gasteiger partial charge in [0.25, 0.3) is 0 Å². The van der Waals surface area contributed by atoms with E-state index in [0.717, 1.165) is 17.0 Å². The molecule has 0 aromatic heterocycles. The van der Waals surface area contributed by atoms with E-state index in [1.54, 1.807) is 18.8 Å².